The van der Waals surface area contributed by atoms with Crippen molar-refractivity contribution in [2.45, 2.75) is 53.6 Å². The lowest BCUT2D eigenvalue weighted by Crippen LogP contribution is -2.48. The van der Waals surface area contributed by atoms with Crippen LogP contribution in [0.3, 0.4) is 0 Å². The summed E-state index contributed by atoms with van der Waals surface area (Å²) in [6, 6.07) is 7.59. The Kier molecular flexibility index (Phi) is 7.09. The minimum atomic E-state index is -0.465. The number of aryl methyl sites for hydroxylation is 1. The Morgan fingerprint density at radius 2 is 1.73 bits per heavy atom. The van der Waals surface area contributed by atoms with E-state index in [2.05, 4.69) is 5.32 Å². The zero-order valence-corrected chi connectivity index (χ0v) is 14.3. The number of hydrogen-bond donors (Lipinski definition) is 1. The van der Waals surface area contributed by atoms with E-state index in [0.29, 0.717) is 25.4 Å². The number of rotatable bonds is 7. The molecule has 1 aromatic rings. The summed E-state index contributed by atoms with van der Waals surface area (Å²) in [7, 11) is 0. The molecule has 0 fully saturated rings. The minimum Gasteiger partial charge on any atom is -0.354 e. The van der Waals surface area contributed by atoms with E-state index in [4.69, 9.17) is 0 Å². The van der Waals surface area contributed by atoms with Gasteiger partial charge in [0.15, 0.2) is 0 Å². The summed E-state index contributed by atoms with van der Waals surface area (Å²) in [5, 5.41) is 2.90. The molecule has 122 valence electrons. The summed E-state index contributed by atoms with van der Waals surface area (Å²) in [5.41, 5.74) is 2.22. The Morgan fingerprint density at radius 3 is 2.23 bits per heavy atom. The zero-order chi connectivity index (χ0) is 16.7. The molecule has 4 heteroatoms. The first-order valence-electron chi connectivity index (χ1n) is 7.97. The first kappa shape index (κ1) is 18.2. The highest BCUT2D eigenvalue weighted by molar-refractivity contribution is 5.87. The van der Waals surface area contributed by atoms with Crippen molar-refractivity contribution >= 4 is 11.8 Å². The smallest absolute Gasteiger partial charge is 0.242 e. The van der Waals surface area contributed by atoms with Gasteiger partial charge in [-0.25, -0.2) is 0 Å². The van der Waals surface area contributed by atoms with Crippen molar-refractivity contribution in [3.63, 3.8) is 0 Å². The molecule has 1 rings (SSSR count). The van der Waals surface area contributed by atoms with E-state index < -0.39 is 6.04 Å². The Hall–Kier alpha value is -1.84. The van der Waals surface area contributed by atoms with Crippen LogP contribution in [-0.2, 0) is 16.1 Å². The summed E-state index contributed by atoms with van der Waals surface area (Å²) < 4.78 is 0. The first-order valence-corrected chi connectivity index (χ1v) is 7.97. The highest BCUT2D eigenvalue weighted by Crippen LogP contribution is 2.12. The van der Waals surface area contributed by atoms with Crippen LogP contribution >= 0.6 is 0 Å². The molecular formula is C18H28N2O2. The topological polar surface area (TPSA) is 49.4 Å². The van der Waals surface area contributed by atoms with Crippen molar-refractivity contribution < 1.29 is 9.59 Å². The fourth-order valence-electron chi connectivity index (χ4n) is 2.13. The average Bonchev–Trinajstić information content (AvgIpc) is 2.50. The lowest BCUT2D eigenvalue weighted by molar-refractivity contribution is -0.140. The fraction of sp³-hybridized carbons (Fsp3) is 0.556. The van der Waals surface area contributed by atoms with Crippen LogP contribution in [0.4, 0.5) is 0 Å². The van der Waals surface area contributed by atoms with E-state index in [-0.39, 0.29) is 11.8 Å². The molecule has 2 amide bonds. The number of nitrogens with zero attached hydrogens (tertiary/aromatic N) is 1. The Morgan fingerprint density at radius 1 is 1.14 bits per heavy atom. The van der Waals surface area contributed by atoms with Gasteiger partial charge in [0.25, 0.3) is 0 Å². The van der Waals surface area contributed by atoms with E-state index in [1.807, 2.05) is 52.0 Å². The molecule has 0 aromatic heterocycles. The molecule has 1 N–H and O–H groups in total. The second-order valence-electron chi connectivity index (χ2n) is 6.18. The Bertz CT molecular complexity index is 494. The van der Waals surface area contributed by atoms with Crippen molar-refractivity contribution in [3.8, 4) is 0 Å². The van der Waals surface area contributed by atoms with Crippen molar-refractivity contribution in [3.05, 3.63) is 35.4 Å². The van der Waals surface area contributed by atoms with Gasteiger partial charge >= 0.3 is 0 Å². The van der Waals surface area contributed by atoms with Gasteiger partial charge < -0.3 is 10.2 Å². The molecule has 0 radical (unpaired) electrons. The molecule has 0 bridgehead atoms. The third-order valence-electron chi connectivity index (χ3n) is 3.63. The average molecular weight is 304 g/mol. The quantitative estimate of drug-likeness (QED) is 0.842. The minimum absolute atomic E-state index is 0.00669. The highest BCUT2D eigenvalue weighted by Gasteiger charge is 2.24. The van der Waals surface area contributed by atoms with Crippen LogP contribution in [0.25, 0.3) is 0 Å². The van der Waals surface area contributed by atoms with Gasteiger partial charge in [-0.15, -0.1) is 0 Å². The maximum absolute atomic E-state index is 12.2. The Labute approximate surface area is 133 Å². The van der Waals surface area contributed by atoms with Crippen LogP contribution in [0, 0.1) is 12.8 Å². The maximum Gasteiger partial charge on any atom is 0.242 e. The number of benzene rings is 1. The van der Waals surface area contributed by atoms with E-state index >= 15 is 0 Å². The number of carbonyl (C=O) groups is 2. The van der Waals surface area contributed by atoms with E-state index in [1.54, 1.807) is 11.8 Å². The largest absolute Gasteiger partial charge is 0.354 e. The summed E-state index contributed by atoms with van der Waals surface area (Å²) in [5.74, 6) is 0.291. The number of carbonyl (C=O) groups excluding carboxylic acids is 2. The summed E-state index contributed by atoms with van der Waals surface area (Å²) in [6.07, 6.45) is 0.396. The highest BCUT2D eigenvalue weighted by atomic mass is 16.2. The molecule has 4 nitrogen and oxygen atoms in total. The molecule has 0 heterocycles. The van der Waals surface area contributed by atoms with Crippen molar-refractivity contribution in [1.82, 2.24) is 10.2 Å². The molecule has 22 heavy (non-hydrogen) atoms. The number of amides is 2. The van der Waals surface area contributed by atoms with Crippen molar-refractivity contribution in [1.29, 1.82) is 0 Å². The normalized spacial score (nSPS) is 12.1. The zero-order valence-electron chi connectivity index (χ0n) is 14.3. The molecule has 1 unspecified atom stereocenters. The number of hydrogen-bond acceptors (Lipinski definition) is 2. The predicted octanol–water partition coefficient (Wildman–Crippen LogP) is 2.89. The van der Waals surface area contributed by atoms with Crippen LogP contribution in [0.1, 0.15) is 45.2 Å². The van der Waals surface area contributed by atoms with E-state index in [1.165, 1.54) is 5.56 Å². The van der Waals surface area contributed by atoms with Gasteiger partial charge in [0.2, 0.25) is 11.8 Å². The molecule has 0 spiro atoms. The van der Waals surface area contributed by atoms with Gasteiger partial charge in [0, 0.05) is 19.5 Å². The monoisotopic (exact) mass is 304 g/mol. The standard InChI is InChI=1S/C18H28N2O2/c1-6-17(21)20(12-16-9-7-14(4)8-10-16)15(5)18(22)19-11-13(2)3/h7-10,13,15H,6,11-12H2,1-5H3,(H,19,22). The SMILES string of the molecule is CCC(=O)N(Cc1ccc(C)cc1)C(C)C(=O)NCC(C)C. The van der Waals surface area contributed by atoms with Gasteiger partial charge in [0.05, 0.1) is 0 Å². The first-order chi connectivity index (χ1) is 10.3. The van der Waals surface area contributed by atoms with Crippen molar-refractivity contribution in [2.75, 3.05) is 6.54 Å². The van der Waals surface area contributed by atoms with Gasteiger partial charge in [-0.1, -0.05) is 50.6 Å². The van der Waals surface area contributed by atoms with Crippen LogP contribution in [0.2, 0.25) is 0 Å². The second-order valence-corrected chi connectivity index (χ2v) is 6.18. The van der Waals surface area contributed by atoms with Crippen LogP contribution in [-0.4, -0.2) is 29.3 Å². The Balaban J connectivity index is 2.81. The molecule has 0 aliphatic heterocycles. The van der Waals surface area contributed by atoms with Gasteiger partial charge in [-0.05, 0) is 25.3 Å². The van der Waals surface area contributed by atoms with Crippen LogP contribution < -0.4 is 5.32 Å². The van der Waals surface area contributed by atoms with Gasteiger partial charge in [0.1, 0.15) is 6.04 Å². The lowest BCUT2D eigenvalue weighted by atomic mass is 10.1. The van der Waals surface area contributed by atoms with Crippen LogP contribution in [0.5, 0.6) is 0 Å². The van der Waals surface area contributed by atoms with Gasteiger partial charge in [-0.3, -0.25) is 9.59 Å². The molecule has 1 atom stereocenters. The third-order valence-corrected chi connectivity index (χ3v) is 3.63. The molecule has 1 aromatic carbocycles. The van der Waals surface area contributed by atoms with Gasteiger partial charge in [-0.2, -0.15) is 0 Å². The molecule has 0 saturated carbocycles. The fourth-order valence-corrected chi connectivity index (χ4v) is 2.13. The predicted molar refractivity (Wildman–Crippen MR) is 89.3 cm³/mol. The summed E-state index contributed by atoms with van der Waals surface area (Å²) in [4.78, 5) is 26.1. The lowest BCUT2D eigenvalue weighted by Gasteiger charge is -2.28. The molecule has 0 aliphatic rings. The second kappa shape index (κ2) is 8.57. The van der Waals surface area contributed by atoms with E-state index in [9.17, 15) is 9.59 Å². The summed E-state index contributed by atoms with van der Waals surface area (Å²) >= 11 is 0. The third kappa shape index (κ3) is 5.51. The maximum atomic E-state index is 12.2. The van der Waals surface area contributed by atoms with Crippen LogP contribution in [0.15, 0.2) is 24.3 Å². The van der Waals surface area contributed by atoms with E-state index in [0.717, 1.165) is 5.56 Å². The molecule has 0 aliphatic carbocycles. The van der Waals surface area contributed by atoms with Crippen molar-refractivity contribution in [2.24, 2.45) is 5.92 Å². The molecular weight excluding hydrogens is 276 g/mol. The number of nitrogens with one attached hydrogen (secondary N) is 1. The molecule has 0 saturated heterocycles. The summed E-state index contributed by atoms with van der Waals surface area (Å²) in [6.45, 7) is 10.8.